The number of nitrogens with zero attached hydrogens (tertiary/aromatic N) is 4. The maximum Gasteiger partial charge on any atom is 0.333 e. The van der Waals surface area contributed by atoms with E-state index in [0.717, 1.165) is 49.8 Å². The molecule has 382 valence electrons. The summed E-state index contributed by atoms with van der Waals surface area (Å²) in [6, 6.07) is 13.3. The molecule has 0 radical (unpaired) electrons. The van der Waals surface area contributed by atoms with E-state index in [1.54, 1.807) is 19.9 Å². The first kappa shape index (κ1) is 51.9. The molecule has 2 saturated heterocycles. The molecule has 2 heterocycles. The van der Waals surface area contributed by atoms with Crippen molar-refractivity contribution in [2.75, 3.05) is 20.4 Å². The van der Waals surface area contributed by atoms with Crippen molar-refractivity contribution >= 4 is 58.4 Å². The van der Waals surface area contributed by atoms with Gasteiger partial charge in [-0.25, -0.2) is 28.2 Å². The number of amides is 8. The number of hydrogen-bond donors (Lipinski definition) is 2. The second-order valence-corrected chi connectivity index (χ2v) is 21.8. The fraction of sp³-hybridized carbons (Fsp3) is 0.483. The highest BCUT2D eigenvalue weighted by Gasteiger charge is 2.67. The second-order valence-electron chi connectivity index (χ2n) is 21.8. The lowest BCUT2D eigenvalue weighted by atomic mass is 9.79. The van der Waals surface area contributed by atoms with Gasteiger partial charge in [-0.15, -0.1) is 0 Å². The van der Waals surface area contributed by atoms with Crippen molar-refractivity contribution in [3.63, 3.8) is 0 Å². The Kier molecular flexibility index (Phi) is 14.6. The van der Waals surface area contributed by atoms with Gasteiger partial charge in [-0.2, -0.15) is 0 Å². The third kappa shape index (κ3) is 8.86. The molecule has 12 nitrogen and oxygen atoms in total. The number of halogens is 2. The Labute approximate surface area is 422 Å². The highest BCUT2D eigenvalue weighted by Crippen LogP contribution is 2.49. The molecule has 2 N–H and O–H groups in total. The van der Waals surface area contributed by atoms with Gasteiger partial charge >= 0.3 is 12.1 Å². The molecule has 72 heavy (non-hydrogen) atoms. The van der Waals surface area contributed by atoms with Crippen LogP contribution in [0, 0.1) is 25.5 Å². The topological polar surface area (TPSA) is 139 Å². The molecule has 2 aliphatic carbocycles. The summed E-state index contributed by atoms with van der Waals surface area (Å²) in [6.07, 6.45) is 4.20. The van der Waals surface area contributed by atoms with Crippen molar-refractivity contribution in [2.24, 2.45) is 0 Å². The Bertz CT molecular complexity index is 2760. The summed E-state index contributed by atoms with van der Waals surface area (Å²) in [6.45, 7) is 19.0. The minimum absolute atomic E-state index is 0.127. The Balaban J connectivity index is 1.43. The maximum atomic E-state index is 16.5. The van der Waals surface area contributed by atoms with Crippen molar-refractivity contribution in [1.29, 1.82) is 0 Å². The third-order valence-corrected chi connectivity index (χ3v) is 15.6. The largest absolute Gasteiger partial charge is 0.333 e. The molecule has 2 aliphatic heterocycles. The van der Waals surface area contributed by atoms with E-state index < -0.39 is 70.5 Å². The lowest BCUT2D eigenvalue weighted by Crippen LogP contribution is -2.65. The first-order chi connectivity index (χ1) is 34.2. The van der Waals surface area contributed by atoms with Crippen LogP contribution in [0.15, 0.2) is 72.8 Å². The summed E-state index contributed by atoms with van der Waals surface area (Å²) < 4.78 is 31.5. The number of benzene rings is 4. The second kappa shape index (κ2) is 20.2. The number of carbonyl (C=O) groups is 6. The Morgan fingerprint density at radius 1 is 0.514 bits per heavy atom. The predicted molar refractivity (Wildman–Crippen MR) is 277 cm³/mol. The van der Waals surface area contributed by atoms with Gasteiger partial charge < -0.3 is 10.6 Å². The molecule has 0 aromatic heterocycles. The van der Waals surface area contributed by atoms with Crippen LogP contribution in [-0.2, 0) is 19.2 Å². The highest BCUT2D eigenvalue weighted by molar-refractivity contribution is 6.23. The molecule has 8 rings (SSSR count). The molecule has 2 atom stereocenters. The minimum Gasteiger partial charge on any atom is -0.324 e. The van der Waals surface area contributed by atoms with E-state index in [2.05, 4.69) is 10.6 Å². The number of carbonyl (C=O) groups excluding carboxylic acids is 6. The monoisotopic (exact) mass is 985 g/mol. The van der Waals surface area contributed by atoms with E-state index in [0.29, 0.717) is 42.6 Å². The van der Waals surface area contributed by atoms with Gasteiger partial charge in [0.05, 0.1) is 5.69 Å². The SMILES string of the molecule is Cc1ccc(N2C(=O)N(C(C(=O)Nc3c(C(C)C)cccc3C(C)C)C(C(=O)Nc3c(C(C)C)cccc3C(C)C)N3C(=O)N(c4ccc(F)c(C)c4)C4(CCCCC4)C3=O)C(=O)C23CCCCC3)c(F)c1. The first-order valence-corrected chi connectivity index (χ1v) is 25.9. The van der Waals surface area contributed by atoms with Crippen LogP contribution in [0.1, 0.15) is 177 Å². The highest BCUT2D eigenvalue weighted by atomic mass is 19.1. The Morgan fingerprint density at radius 2 is 0.917 bits per heavy atom. The van der Waals surface area contributed by atoms with E-state index in [1.165, 1.54) is 35.2 Å². The first-order valence-electron chi connectivity index (χ1n) is 25.9. The van der Waals surface area contributed by atoms with E-state index in [9.17, 15) is 0 Å². The van der Waals surface area contributed by atoms with E-state index >= 15 is 37.5 Å². The number of para-hydroxylation sites is 2. The van der Waals surface area contributed by atoms with Crippen LogP contribution in [0.4, 0.5) is 41.1 Å². The van der Waals surface area contributed by atoms with Crippen LogP contribution in [0.2, 0.25) is 0 Å². The number of hydrogen-bond acceptors (Lipinski definition) is 6. The number of urea groups is 2. The molecule has 0 bridgehead atoms. The van der Waals surface area contributed by atoms with Crippen molar-refractivity contribution < 1.29 is 37.5 Å². The number of anilines is 4. The molecule has 4 fully saturated rings. The summed E-state index contributed by atoms with van der Waals surface area (Å²) in [4.78, 5) is 100. The van der Waals surface area contributed by atoms with Crippen LogP contribution in [0.25, 0.3) is 0 Å². The van der Waals surface area contributed by atoms with Gasteiger partial charge in [0.1, 0.15) is 22.7 Å². The minimum atomic E-state index is -2.21. The van der Waals surface area contributed by atoms with Gasteiger partial charge in [-0.05, 0) is 127 Å². The lowest BCUT2D eigenvalue weighted by molar-refractivity contribution is -0.145. The molecule has 2 spiro atoms. The van der Waals surface area contributed by atoms with Crippen LogP contribution in [0.3, 0.4) is 0 Å². The van der Waals surface area contributed by atoms with Gasteiger partial charge in [0.25, 0.3) is 11.8 Å². The van der Waals surface area contributed by atoms with Crippen LogP contribution >= 0.6 is 0 Å². The summed E-state index contributed by atoms with van der Waals surface area (Å²) in [5.74, 6) is -5.45. The van der Waals surface area contributed by atoms with Gasteiger partial charge in [-0.1, -0.05) is 136 Å². The number of aryl methyl sites for hydroxylation is 2. The fourth-order valence-corrected chi connectivity index (χ4v) is 11.9. The van der Waals surface area contributed by atoms with E-state index in [1.807, 2.05) is 91.8 Å². The molecule has 4 aliphatic rings. The summed E-state index contributed by atoms with van der Waals surface area (Å²) >= 11 is 0. The van der Waals surface area contributed by atoms with Crippen molar-refractivity contribution in [1.82, 2.24) is 9.80 Å². The molecule has 14 heteroatoms. The van der Waals surface area contributed by atoms with Crippen LogP contribution < -0.4 is 20.4 Å². The summed E-state index contributed by atoms with van der Waals surface area (Å²) in [5.41, 5.74) is 1.35. The van der Waals surface area contributed by atoms with Crippen molar-refractivity contribution in [3.8, 4) is 0 Å². The van der Waals surface area contributed by atoms with Gasteiger partial charge in [-0.3, -0.25) is 29.0 Å². The average Bonchev–Trinajstić information content (AvgIpc) is 3.65. The maximum absolute atomic E-state index is 16.5. The predicted octanol–water partition coefficient (Wildman–Crippen LogP) is 12.7. The van der Waals surface area contributed by atoms with E-state index in [4.69, 9.17) is 0 Å². The average molecular weight is 985 g/mol. The lowest BCUT2D eigenvalue weighted by Gasteiger charge is -2.39. The third-order valence-electron chi connectivity index (χ3n) is 15.6. The molecular weight excluding hydrogens is 915 g/mol. The van der Waals surface area contributed by atoms with Gasteiger partial charge in [0.15, 0.2) is 12.1 Å². The summed E-state index contributed by atoms with van der Waals surface area (Å²) in [7, 11) is 0. The summed E-state index contributed by atoms with van der Waals surface area (Å²) in [5, 5.41) is 6.21. The zero-order valence-electron chi connectivity index (χ0n) is 43.5. The number of imide groups is 2. The van der Waals surface area contributed by atoms with Crippen LogP contribution in [-0.4, -0.2) is 68.7 Å². The van der Waals surface area contributed by atoms with Crippen LogP contribution in [0.5, 0.6) is 0 Å². The standard InChI is InChI=1S/C58H70F2N6O6/c1-33(2)40-19-17-20-41(34(3)4)47(40)61-51(67)49(63-53(69)57(27-13-11-14-28-57)65(55(63)71)39-24-25-44(59)38(10)32-39)50(52(68)62-48-42(35(5)6)21-18-22-43(48)36(7)8)64-54(70)58(29-15-12-16-30-58)66(56(64)72)46-26-23-37(9)31-45(46)60/h17-26,31-36,49-50H,11-16,27-30H2,1-10H3,(H,61,67)(H,62,68). The normalized spacial score (nSPS) is 18.7. The number of nitrogens with one attached hydrogen (secondary N) is 2. The zero-order chi connectivity index (χ0) is 52.1. The molecular formula is C58H70F2N6O6. The van der Waals surface area contributed by atoms with E-state index in [-0.39, 0.29) is 66.3 Å². The van der Waals surface area contributed by atoms with Crippen molar-refractivity contribution in [3.05, 3.63) is 118 Å². The number of rotatable bonds is 13. The molecule has 4 aromatic carbocycles. The Hall–Kier alpha value is -6.44. The van der Waals surface area contributed by atoms with Gasteiger partial charge in [0.2, 0.25) is 11.8 Å². The molecule has 2 unspecified atom stereocenters. The Morgan fingerprint density at radius 3 is 1.31 bits per heavy atom. The van der Waals surface area contributed by atoms with Gasteiger partial charge in [0, 0.05) is 17.1 Å². The molecule has 4 aromatic rings. The fourth-order valence-electron chi connectivity index (χ4n) is 11.9. The quantitative estimate of drug-likeness (QED) is 0.128. The zero-order valence-corrected chi connectivity index (χ0v) is 43.5. The molecule has 2 saturated carbocycles. The molecule has 8 amide bonds. The smallest absolute Gasteiger partial charge is 0.324 e. The van der Waals surface area contributed by atoms with Crippen molar-refractivity contribution in [2.45, 2.75) is 180 Å².